The van der Waals surface area contributed by atoms with Gasteiger partial charge in [0.15, 0.2) is 5.78 Å². The molecule has 2 aromatic rings. The van der Waals surface area contributed by atoms with E-state index in [1.807, 2.05) is 44.2 Å². The van der Waals surface area contributed by atoms with E-state index < -0.39 is 0 Å². The Kier molecular flexibility index (Phi) is 7.64. The number of methoxy groups -OCH3 is 1. The highest BCUT2D eigenvalue weighted by atomic mass is 16.5. The summed E-state index contributed by atoms with van der Waals surface area (Å²) in [6.07, 6.45) is 12.3. The summed E-state index contributed by atoms with van der Waals surface area (Å²) < 4.78 is 5.58. The molecule has 28 heavy (non-hydrogen) atoms. The number of phenols is 1. The van der Waals surface area contributed by atoms with Crippen molar-refractivity contribution in [3.05, 3.63) is 83.0 Å². The number of phenolic OH excluding ortho intramolecular Hbond substituents is 1. The van der Waals surface area contributed by atoms with Gasteiger partial charge in [0.2, 0.25) is 0 Å². The number of allylic oxidation sites excluding steroid dienone is 5. The highest BCUT2D eigenvalue weighted by molar-refractivity contribution is 6.07. The van der Waals surface area contributed by atoms with Crippen molar-refractivity contribution in [2.45, 2.75) is 26.7 Å². The third-order valence-electron chi connectivity index (χ3n) is 4.39. The molecule has 0 aliphatic carbocycles. The fourth-order valence-electron chi connectivity index (χ4n) is 2.89. The molecule has 0 amide bonds. The molecule has 0 bridgehead atoms. The van der Waals surface area contributed by atoms with E-state index in [-0.39, 0.29) is 11.5 Å². The summed E-state index contributed by atoms with van der Waals surface area (Å²) in [6.45, 7) is 3.90. The van der Waals surface area contributed by atoms with Gasteiger partial charge in [0.1, 0.15) is 11.5 Å². The third-order valence-corrected chi connectivity index (χ3v) is 4.39. The minimum atomic E-state index is -0.171. The molecule has 0 aliphatic rings. The molecule has 0 unspecified atom stereocenters. The molecule has 0 heterocycles. The number of anilines is 1. The molecule has 0 spiro atoms. The maximum atomic E-state index is 12.5. The highest BCUT2D eigenvalue weighted by Gasteiger charge is 2.16. The van der Waals surface area contributed by atoms with Crippen LogP contribution in [0.1, 0.15) is 40.9 Å². The van der Waals surface area contributed by atoms with Gasteiger partial charge in [-0.05, 0) is 80.3 Å². The molecule has 0 aromatic heterocycles. The van der Waals surface area contributed by atoms with Crippen LogP contribution in [0.3, 0.4) is 0 Å². The Labute approximate surface area is 166 Å². The van der Waals surface area contributed by atoms with Gasteiger partial charge in [-0.3, -0.25) is 4.79 Å². The van der Waals surface area contributed by atoms with Crippen molar-refractivity contribution in [1.82, 2.24) is 0 Å². The second-order valence-corrected chi connectivity index (χ2v) is 6.36. The molecule has 0 atom stereocenters. The predicted octanol–water partition coefficient (Wildman–Crippen LogP) is 5.12. The van der Waals surface area contributed by atoms with E-state index >= 15 is 0 Å². The molecule has 0 saturated carbocycles. The second-order valence-electron chi connectivity index (χ2n) is 6.36. The van der Waals surface area contributed by atoms with Crippen LogP contribution < -0.4 is 10.5 Å². The van der Waals surface area contributed by atoms with E-state index in [4.69, 9.17) is 10.5 Å². The van der Waals surface area contributed by atoms with Crippen LogP contribution in [-0.4, -0.2) is 18.0 Å². The number of carbonyl (C=O) groups is 1. The zero-order valence-corrected chi connectivity index (χ0v) is 16.6. The zero-order chi connectivity index (χ0) is 20.5. The largest absolute Gasteiger partial charge is 0.507 e. The number of rotatable bonds is 8. The highest BCUT2D eigenvalue weighted by Crippen LogP contribution is 2.37. The van der Waals surface area contributed by atoms with Gasteiger partial charge in [-0.1, -0.05) is 24.3 Å². The Morgan fingerprint density at radius 1 is 1.07 bits per heavy atom. The molecule has 0 saturated heterocycles. The molecule has 0 fully saturated rings. The number of nitrogens with two attached hydrogens (primary N) is 1. The summed E-state index contributed by atoms with van der Waals surface area (Å²) in [6, 6.07) is 8.68. The van der Waals surface area contributed by atoms with Gasteiger partial charge in [0.05, 0.1) is 12.7 Å². The standard InChI is InChI=1S/C24H27NO3/c1-4-6-8-18-16-19(9-7-5-2)24(28-3)21(23(18)27)14-15-22(26)17-10-12-20(25)13-11-17/h4-7,10-16,27H,8-9,25H2,1-3H3. The first kappa shape index (κ1) is 21.0. The fraction of sp³-hybridized carbons (Fsp3) is 0.208. The van der Waals surface area contributed by atoms with Crippen LogP contribution in [0.5, 0.6) is 11.5 Å². The van der Waals surface area contributed by atoms with E-state index in [1.165, 1.54) is 6.08 Å². The van der Waals surface area contributed by atoms with Gasteiger partial charge < -0.3 is 15.6 Å². The Balaban J connectivity index is 2.49. The lowest BCUT2D eigenvalue weighted by Gasteiger charge is -2.15. The van der Waals surface area contributed by atoms with Gasteiger partial charge in [-0.2, -0.15) is 0 Å². The van der Waals surface area contributed by atoms with Crippen molar-refractivity contribution in [2.24, 2.45) is 0 Å². The first-order valence-corrected chi connectivity index (χ1v) is 9.23. The molecule has 2 rings (SSSR count). The van der Waals surface area contributed by atoms with Gasteiger partial charge in [-0.15, -0.1) is 0 Å². The van der Waals surface area contributed by atoms with Crippen LogP contribution in [-0.2, 0) is 12.8 Å². The Hall–Kier alpha value is -3.27. The van der Waals surface area contributed by atoms with Gasteiger partial charge >= 0.3 is 0 Å². The smallest absolute Gasteiger partial charge is 0.185 e. The van der Waals surface area contributed by atoms with Crippen LogP contribution in [0.4, 0.5) is 5.69 Å². The Bertz CT molecular complexity index is 906. The quantitative estimate of drug-likeness (QED) is 0.290. The van der Waals surface area contributed by atoms with E-state index in [9.17, 15) is 9.90 Å². The first-order chi connectivity index (χ1) is 13.5. The second kappa shape index (κ2) is 10.2. The lowest BCUT2D eigenvalue weighted by atomic mass is 9.97. The van der Waals surface area contributed by atoms with Crippen molar-refractivity contribution in [3.8, 4) is 11.5 Å². The van der Waals surface area contributed by atoms with E-state index in [1.54, 1.807) is 37.5 Å². The van der Waals surface area contributed by atoms with Crippen LogP contribution >= 0.6 is 0 Å². The van der Waals surface area contributed by atoms with Crippen LogP contribution in [0.25, 0.3) is 6.08 Å². The molecular weight excluding hydrogens is 350 g/mol. The first-order valence-electron chi connectivity index (χ1n) is 9.23. The maximum absolute atomic E-state index is 12.5. The summed E-state index contributed by atoms with van der Waals surface area (Å²) in [7, 11) is 1.57. The monoisotopic (exact) mass is 377 g/mol. The molecule has 146 valence electrons. The van der Waals surface area contributed by atoms with Crippen molar-refractivity contribution in [1.29, 1.82) is 0 Å². The number of hydrogen-bond donors (Lipinski definition) is 2. The average Bonchev–Trinajstić information content (AvgIpc) is 2.70. The molecule has 4 nitrogen and oxygen atoms in total. The maximum Gasteiger partial charge on any atom is 0.185 e. The molecular formula is C24H27NO3. The van der Waals surface area contributed by atoms with Crippen LogP contribution in [0.15, 0.2) is 60.7 Å². The summed E-state index contributed by atoms with van der Waals surface area (Å²) in [5.74, 6) is 0.525. The van der Waals surface area contributed by atoms with Crippen molar-refractivity contribution >= 4 is 17.5 Å². The Morgan fingerprint density at radius 3 is 2.25 bits per heavy atom. The average molecular weight is 377 g/mol. The van der Waals surface area contributed by atoms with Gasteiger partial charge in [0.25, 0.3) is 0 Å². The molecule has 0 radical (unpaired) electrons. The lowest BCUT2D eigenvalue weighted by molar-refractivity contribution is 0.104. The van der Waals surface area contributed by atoms with Crippen LogP contribution in [0, 0.1) is 0 Å². The normalized spacial score (nSPS) is 11.7. The zero-order valence-electron chi connectivity index (χ0n) is 16.6. The minimum Gasteiger partial charge on any atom is -0.507 e. The van der Waals surface area contributed by atoms with Crippen molar-refractivity contribution in [2.75, 3.05) is 12.8 Å². The number of ether oxygens (including phenoxy) is 1. The number of hydrogen-bond acceptors (Lipinski definition) is 4. The number of ketones is 1. The molecule has 0 aliphatic heterocycles. The number of benzene rings is 2. The Morgan fingerprint density at radius 2 is 1.68 bits per heavy atom. The topological polar surface area (TPSA) is 72.5 Å². The van der Waals surface area contributed by atoms with Crippen molar-refractivity contribution < 1.29 is 14.6 Å². The number of aromatic hydroxyl groups is 1. The predicted molar refractivity (Wildman–Crippen MR) is 116 cm³/mol. The third kappa shape index (κ3) is 5.13. The summed E-state index contributed by atoms with van der Waals surface area (Å²) >= 11 is 0. The number of nitrogen functional groups attached to an aromatic ring is 1. The van der Waals surface area contributed by atoms with E-state index in [2.05, 4.69) is 0 Å². The minimum absolute atomic E-state index is 0.125. The van der Waals surface area contributed by atoms with E-state index in [0.717, 1.165) is 11.1 Å². The van der Waals surface area contributed by atoms with Gasteiger partial charge in [0, 0.05) is 11.3 Å². The number of carbonyl (C=O) groups excluding carboxylic acids is 1. The van der Waals surface area contributed by atoms with Gasteiger partial charge in [-0.25, -0.2) is 0 Å². The summed E-state index contributed by atoms with van der Waals surface area (Å²) in [5.41, 5.74) is 9.06. The van der Waals surface area contributed by atoms with E-state index in [0.29, 0.717) is 35.4 Å². The molecule has 3 N–H and O–H groups in total. The SMILES string of the molecule is CC=CCc1cc(CC=CC)c(OC)c(C=CC(=O)c2ccc(N)cc2)c1O. The molecule has 2 aromatic carbocycles. The van der Waals surface area contributed by atoms with Crippen LogP contribution in [0.2, 0.25) is 0 Å². The lowest BCUT2D eigenvalue weighted by Crippen LogP contribution is -1.99. The molecule has 4 heteroatoms. The van der Waals surface area contributed by atoms with Crippen molar-refractivity contribution in [3.63, 3.8) is 0 Å². The summed E-state index contributed by atoms with van der Waals surface area (Å²) in [4.78, 5) is 12.5. The summed E-state index contributed by atoms with van der Waals surface area (Å²) in [5, 5.41) is 10.8. The fourth-order valence-corrected chi connectivity index (χ4v) is 2.89.